The van der Waals surface area contributed by atoms with Gasteiger partial charge in [0.15, 0.2) is 0 Å². The largest absolute Gasteiger partial charge is 0.480 e. The third-order valence-corrected chi connectivity index (χ3v) is 3.63. The summed E-state index contributed by atoms with van der Waals surface area (Å²) in [6.07, 6.45) is 0. The highest BCUT2D eigenvalue weighted by Crippen LogP contribution is 2.31. The van der Waals surface area contributed by atoms with E-state index in [2.05, 4.69) is 25.7 Å². The minimum Gasteiger partial charge on any atom is -0.480 e. The molecule has 1 heterocycles. The molecule has 106 valence electrons. The van der Waals surface area contributed by atoms with E-state index in [1.54, 1.807) is 0 Å². The van der Waals surface area contributed by atoms with E-state index in [9.17, 15) is 9.18 Å². The van der Waals surface area contributed by atoms with Crippen LogP contribution >= 0.6 is 27.5 Å². The summed E-state index contributed by atoms with van der Waals surface area (Å²) in [7, 11) is 2.63. The maximum atomic E-state index is 14.0. The van der Waals surface area contributed by atoms with Crippen molar-refractivity contribution in [2.75, 3.05) is 14.2 Å². The van der Waals surface area contributed by atoms with Gasteiger partial charge in [-0.3, -0.25) is 0 Å². The van der Waals surface area contributed by atoms with E-state index in [1.807, 2.05) is 0 Å². The zero-order chi connectivity index (χ0) is 14.9. The molecular weight excluding hydrogens is 353 g/mol. The van der Waals surface area contributed by atoms with E-state index in [4.69, 9.17) is 16.3 Å². The van der Waals surface area contributed by atoms with E-state index < -0.39 is 11.8 Å². The van der Waals surface area contributed by atoms with Crippen LogP contribution in [-0.4, -0.2) is 25.2 Å². The van der Waals surface area contributed by atoms with Crippen LogP contribution in [-0.2, 0) is 10.1 Å². The molecule has 0 N–H and O–H groups in total. The summed E-state index contributed by atoms with van der Waals surface area (Å²) in [6, 6.07) is 2.93. The van der Waals surface area contributed by atoms with Gasteiger partial charge in [0.1, 0.15) is 11.4 Å². The zero-order valence-electron chi connectivity index (χ0n) is 10.7. The number of carbonyl (C=O) groups excluding carboxylic acids is 1. The average Bonchev–Trinajstić information content (AvgIpc) is 2.46. The van der Waals surface area contributed by atoms with Crippen molar-refractivity contribution in [1.82, 2.24) is 4.98 Å². The van der Waals surface area contributed by atoms with Crippen molar-refractivity contribution in [3.05, 3.63) is 34.1 Å². The molecule has 20 heavy (non-hydrogen) atoms. The van der Waals surface area contributed by atoms with Gasteiger partial charge in [-0.05, 0) is 12.1 Å². The lowest BCUT2D eigenvalue weighted by atomic mass is 10.1. The Bertz CT molecular complexity index is 693. The first-order valence-electron chi connectivity index (χ1n) is 5.53. The number of rotatable bonds is 3. The number of carbonyl (C=O) groups is 1. The third kappa shape index (κ3) is 2.45. The molecule has 0 fully saturated rings. The zero-order valence-corrected chi connectivity index (χ0v) is 13.0. The van der Waals surface area contributed by atoms with Gasteiger partial charge in [0.25, 0.3) is 0 Å². The topological polar surface area (TPSA) is 48.4 Å². The van der Waals surface area contributed by atoms with Crippen LogP contribution in [0.2, 0.25) is 5.02 Å². The van der Waals surface area contributed by atoms with Gasteiger partial charge < -0.3 is 9.47 Å². The van der Waals surface area contributed by atoms with Crippen molar-refractivity contribution in [3.8, 4) is 5.88 Å². The van der Waals surface area contributed by atoms with Gasteiger partial charge >= 0.3 is 5.97 Å². The molecule has 0 atom stereocenters. The Morgan fingerprint density at radius 3 is 2.70 bits per heavy atom. The second-order valence-electron chi connectivity index (χ2n) is 3.89. The number of benzene rings is 1. The minimum absolute atomic E-state index is 0.0327. The number of methoxy groups -OCH3 is 2. The highest BCUT2D eigenvalue weighted by atomic mass is 79.9. The van der Waals surface area contributed by atoms with Crippen molar-refractivity contribution < 1.29 is 18.7 Å². The van der Waals surface area contributed by atoms with E-state index in [0.29, 0.717) is 16.5 Å². The monoisotopic (exact) mass is 361 g/mol. The van der Waals surface area contributed by atoms with E-state index >= 15 is 0 Å². The molecule has 4 nitrogen and oxygen atoms in total. The summed E-state index contributed by atoms with van der Waals surface area (Å²) in [5.74, 6) is -1.05. The standard InChI is InChI=1S/C13H10BrClFNO3/c1-19-12-7(13(18)20-2)3-6-4-9(15)10(16)8(5-14)11(6)17-12/h3-4H,5H2,1-2H3. The van der Waals surface area contributed by atoms with Crippen LogP contribution in [0.3, 0.4) is 0 Å². The molecule has 2 aromatic rings. The number of nitrogens with zero attached hydrogens (tertiary/aromatic N) is 1. The molecule has 1 aromatic heterocycles. The van der Waals surface area contributed by atoms with Gasteiger partial charge in [0, 0.05) is 16.3 Å². The first kappa shape index (κ1) is 15.0. The number of fused-ring (bicyclic) bond motifs is 1. The molecule has 0 bridgehead atoms. The molecule has 0 saturated heterocycles. The number of hydrogen-bond acceptors (Lipinski definition) is 4. The predicted octanol–water partition coefficient (Wildman–Crippen LogP) is 3.72. The molecule has 0 spiro atoms. The van der Waals surface area contributed by atoms with Gasteiger partial charge in [-0.1, -0.05) is 27.5 Å². The van der Waals surface area contributed by atoms with Crippen molar-refractivity contribution in [2.45, 2.75) is 5.33 Å². The van der Waals surface area contributed by atoms with Gasteiger partial charge in [0.05, 0.1) is 24.8 Å². The minimum atomic E-state index is -0.586. The number of pyridine rings is 1. The second kappa shape index (κ2) is 5.93. The third-order valence-electron chi connectivity index (χ3n) is 2.79. The summed E-state index contributed by atoms with van der Waals surface area (Å²) in [5, 5.41) is 0.741. The molecule has 0 amide bonds. The SMILES string of the molecule is COC(=O)c1cc2cc(Cl)c(F)c(CBr)c2nc1OC. The first-order valence-corrected chi connectivity index (χ1v) is 7.03. The fourth-order valence-corrected chi connectivity index (χ4v) is 2.59. The number of aromatic nitrogens is 1. The summed E-state index contributed by atoms with van der Waals surface area (Å²) in [6.45, 7) is 0. The quantitative estimate of drug-likeness (QED) is 0.617. The number of ether oxygens (including phenoxy) is 2. The molecule has 7 heteroatoms. The number of hydrogen-bond donors (Lipinski definition) is 0. The van der Waals surface area contributed by atoms with Crippen molar-refractivity contribution >= 4 is 44.4 Å². The van der Waals surface area contributed by atoms with Crippen molar-refractivity contribution in [3.63, 3.8) is 0 Å². The van der Waals surface area contributed by atoms with Gasteiger partial charge in [-0.25, -0.2) is 14.2 Å². The number of esters is 1. The summed E-state index contributed by atoms with van der Waals surface area (Å²) in [4.78, 5) is 15.9. The average molecular weight is 363 g/mol. The summed E-state index contributed by atoms with van der Waals surface area (Å²) >= 11 is 9.04. The fraction of sp³-hybridized carbons (Fsp3) is 0.231. The lowest BCUT2D eigenvalue weighted by Gasteiger charge is -2.11. The molecule has 0 radical (unpaired) electrons. The van der Waals surface area contributed by atoms with Crippen molar-refractivity contribution in [2.24, 2.45) is 0 Å². The number of halogens is 3. The van der Waals surface area contributed by atoms with Gasteiger partial charge in [0.2, 0.25) is 5.88 Å². The summed E-state index contributed by atoms with van der Waals surface area (Å²) < 4.78 is 23.7. The fourth-order valence-electron chi connectivity index (χ4n) is 1.85. The molecule has 0 saturated carbocycles. The molecule has 0 aliphatic carbocycles. The Morgan fingerprint density at radius 1 is 1.45 bits per heavy atom. The lowest BCUT2D eigenvalue weighted by molar-refractivity contribution is 0.0596. The number of alkyl halides is 1. The molecule has 0 aliphatic heterocycles. The van der Waals surface area contributed by atoms with Crippen LogP contribution in [0.15, 0.2) is 12.1 Å². The van der Waals surface area contributed by atoms with Crippen LogP contribution in [0.5, 0.6) is 5.88 Å². The molecule has 2 rings (SSSR count). The molecular formula is C13H10BrClFNO3. The van der Waals surface area contributed by atoms with Crippen LogP contribution in [0, 0.1) is 5.82 Å². The molecule has 0 aliphatic rings. The molecule has 0 unspecified atom stereocenters. The Kier molecular flexibility index (Phi) is 4.45. The summed E-state index contributed by atoms with van der Waals surface area (Å²) in [5.41, 5.74) is 0.848. The highest BCUT2D eigenvalue weighted by Gasteiger charge is 2.19. The van der Waals surface area contributed by atoms with Crippen LogP contribution < -0.4 is 4.74 Å². The first-order chi connectivity index (χ1) is 9.53. The smallest absolute Gasteiger partial charge is 0.343 e. The van der Waals surface area contributed by atoms with E-state index in [1.165, 1.54) is 26.4 Å². The van der Waals surface area contributed by atoms with E-state index in [-0.39, 0.29) is 21.8 Å². The van der Waals surface area contributed by atoms with Crippen molar-refractivity contribution in [1.29, 1.82) is 0 Å². The Balaban J connectivity index is 2.83. The Hall–Kier alpha value is -1.40. The van der Waals surface area contributed by atoms with Crippen LogP contribution in [0.1, 0.15) is 15.9 Å². The highest BCUT2D eigenvalue weighted by molar-refractivity contribution is 9.08. The second-order valence-corrected chi connectivity index (χ2v) is 4.86. The van der Waals surface area contributed by atoms with Crippen LogP contribution in [0.4, 0.5) is 4.39 Å². The van der Waals surface area contributed by atoms with E-state index in [0.717, 1.165) is 0 Å². The van der Waals surface area contributed by atoms with Gasteiger partial charge in [-0.2, -0.15) is 0 Å². The molecule has 1 aromatic carbocycles. The predicted molar refractivity (Wildman–Crippen MR) is 77.2 cm³/mol. The Labute approximate surface area is 128 Å². The maximum Gasteiger partial charge on any atom is 0.343 e. The van der Waals surface area contributed by atoms with Crippen LogP contribution in [0.25, 0.3) is 10.9 Å². The lowest BCUT2D eigenvalue weighted by Crippen LogP contribution is -2.06. The Morgan fingerprint density at radius 2 is 2.15 bits per heavy atom. The maximum absolute atomic E-state index is 14.0. The normalized spacial score (nSPS) is 10.7. The van der Waals surface area contributed by atoms with Gasteiger partial charge in [-0.15, -0.1) is 0 Å².